The van der Waals surface area contributed by atoms with E-state index in [9.17, 15) is 9.59 Å². The summed E-state index contributed by atoms with van der Waals surface area (Å²) in [5, 5.41) is 0. The molecule has 0 saturated heterocycles. The second-order valence-electron chi connectivity index (χ2n) is 2.44. The van der Waals surface area contributed by atoms with Crippen LogP contribution in [-0.4, -0.2) is 18.5 Å². The van der Waals surface area contributed by atoms with E-state index in [1.54, 1.807) is 0 Å². The molecule has 0 amide bonds. The second-order valence-corrected chi connectivity index (χ2v) is 2.44. The molecule has 4 nitrogen and oxygen atoms in total. The van der Waals surface area contributed by atoms with Crippen LogP contribution in [0.4, 0.5) is 0 Å². The third-order valence-electron chi connectivity index (χ3n) is 1.69. The van der Waals surface area contributed by atoms with Gasteiger partial charge in [0.1, 0.15) is 6.04 Å². The lowest BCUT2D eigenvalue weighted by Gasteiger charge is -2.13. The van der Waals surface area contributed by atoms with Crippen LogP contribution in [0.25, 0.3) is 0 Å². The summed E-state index contributed by atoms with van der Waals surface area (Å²) in [6.45, 7) is 3.85. The Kier molecular flexibility index (Phi) is 4.45. The number of ether oxygens (including phenoxy) is 1. The van der Waals surface area contributed by atoms with E-state index in [1.807, 2.05) is 13.8 Å². The topological polar surface area (TPSA) is 69.4 Å². The number of hydrogen-bond donors (Lipinski definition) is 1. The van der Waals surface area contributed by atoms with Crippen LogP contribution in [-0.2, 0) is 14.3 Å². The minimum atomic E-state index is -0.690. The minimum absolute atomic E-state index is 0.0439. The van der Waals surface area contributed by atoms with Gasteiger partial charge >= 0.3 is 12.4 Å². The van der Waals surface area contributed by atoms with Crippen LogP contribution < -0.4 is 5.73 Å². The summed E-state index contributed by atoms with van der Waals surface area (Å²) in [5.74, 6) is -0.614. The Bertz CT molecular complexity index is 147. The monoisotopic (exact) mass is 159 g/mol. The van der Waals surface area contributed by atoms with Gasteiger partial charge in [-0.15, -0.1) is 0 Å². The number of hydrogen-bond acceptors (Lipinski definition) is 4. The molecule has 0 aliphatic rings. The van der Waals surface area contributed by atoms with Crippen LogP contribution in [0.3, 0.4) is 0 Å². The summed E-state index contributed by atoms with van der Waals surface area (Å²) in [5.41, 5.74) is 5.42. The molecule has 0 aliphatic carbocycles. The van der Waals surface area contributed by atoms with Crippen LogP contribution >= 0.6 is 0 Å². The smallest absolute Gasteiger partial charge is 0.330 e. The highest BCUT2D eigenvalue weighted by Crippen LogP contribution is 2.05. The first-order valence-corrected chi connectivity index (χ1v) is 3.53. The summed E-state index contributed by atoms with van der Waals surface area (Å²) in [7, 11) is 0. The van der Waals surface area contributed by atoms with Gasteiger partial charge in [-0.05, 0) is 5.92 Å². The lowest BCUT2D eigenvalue weighted by molar-refractivity contribution is -0.153. The first-order valence-electron chi connectivity index (χ1n) is 3.53. The highest BCUT2D eigenvalue weighted by molar-refractivity contribution is 5.81. The van der Waals surface area contributed by atoms with Crippen molar-refractivity contribution < 1.29 is 14.3 Å². The van der Waals surface area contributed by atoms with E-state index in [-0.39, 0.29) is 12.4 Å². The molecule has 0 saturated carbocycles. The van der Waals surface area contributed by atoms with Gasteiger partial charge in [-0.25, -0.2) is 4.79 Å². The van der Waals surface area contributed by atoms with Crippen molar-refractivity contribution >= 4 is 12.4 Å². The third-order valence-corrected chi connectivity index (χ3v) is 1.69. The first-order chi connectivity index (χ1) is 5.13. The highest BCUT2D eigenvalue weighted by atomic mass is 16.6. The molecule has 0 aromatic heterocycles. The number of carbonyl (C=O) groups excluding carboxylic acids is 2. The van der Waals surface area contributed by atoms with E-state index < -0.39 is 12.0 Å². The maximum atomic E-state index is 10.8. The Balaban J connectivity index is 3.90. The molecule has 0 fully saturated rings. The van der Waals surface area contributed by atoms with Gasteiger partial charge < -0.3 is 10.5 Å². The van der Waals surface area contributed by atoms with E-state index >= 15 is 0 Å². The Hall–Kier alpha value is -0.900. The normalized spacial score (nSPS) is 15.2. The van der Waals surface area contributed by atoms with Crippen molar-refractivity contribution in [3.8, 4) is 0 Å². The zero-order valence-electron chi connectivity index (χ0n) is 6.74. The van der Waals surface area contributed by atoms with Crippen LogP contribution in [0, 0.1) is 5.92 Å². The fraction of sp³-hybridized carbons (Fsp3) is 0.714. The van der Waals surface area contributed by atoms with Crippen LogP contribution in [0.15, 0.2) is 0 Å². The summed E-state index contributed by atoms with van der Waals surface area (Å²) in [4.78, 5) is 20.5. The fourth-order valence-corrected chi connectivity index (χ4v) is 0.612. The molecule has 4 heteroatoms. The van der Waals surface area contributed by atoms with Crippen molar-refractivity contribution in [2.24, 2.45) is 11.7 Å². The lowest BCUT2D eigenvalue weighted by Crippen LogP contribution is -2.37. The van der Waals surface area contributed by atoms with Gasteiger partial charge in [0.25, 0.3) is 0 Å². The molecule has 0 radical (unpaired) electrons. The van der Waals surface area contributed by atoms with Crippen LogP contribution in [0.5, 0.6) is 0 Å². The van der Waals surface area contributed by atoms with Crippen molar-refractivity contribution in [3.63, 3.8) is 0 Å². The summed E-state index contributed by atoms with van der Waals surface area (Å²) >= 11 is 0. The van der Waals surface area contributed by atoms with Crippen molar-refractivity contribution in [1.29, 1.82) is 0 Å². The van der Waals surface area contributed by atoms with Gasteiger partial charge in [0.15, 0.2) is 0 Å². The second kappa shape index (κ2) is 4.85. The number of rotatable bonds is 4. The van der Waals surface area contributed by atoms with Crippen LogP contribution in [0.2, 0.25) is 0 Å². The SMILES string of the molecule is CC[C@H](C)[C@H](N)C(=O)OC=O. The van der Waals surface area contributed by atoms with Gasteiger partial charge in [-0.3, -0.25) is 4.79 Å². The van der Waals surface area contributed by atoms with Gasteiger partial charge in [0, 0.05) is 0 Å². The predicted molar refractivity (Wildman–Crippen MR) is 39.6 cm³/mol. The molecule has 11 heavy (non-hydrogen) atoms. The van der Waals surface area contributed by atoms with Crippen LogP contribution in [0.1, 0.15) is 20.3 Å². The predicted octanol–water partition coefficient (Wildman–Crippen LogP) is 0.0594. The Labute approximate surface area is 65.7 Å². The lowest BCUT2D eigenvalue weighted by atomic mass is 10.0. The molecule has 64 valence electrons. The Morgan fingerprint density at radius 3 is 2.64 bits per heavy atom. The molecular formula is C7H13NO3. The molecular weight excluding hydrogens is 146 g/mol. The van der Waals surface area contributed by atoms with Gasteiger partial charge in [-0.1, -0.05) is 20.3 Å². The van der Waals surface area contributed by atoms with Crippen molar-refractivity contribution in [2.75, 3.05) is 0 Å². The molecule has 0 aromatic rings. The molecule has 0 unspecified atom stereocenters. The summed E-state index contributed by atoms with van der Waals surface area (Å²) < 4.78 is 4.08. The largest absolute Gasteiger partial charge is 0.394 e. The maximum Gasteiger partial charge on any atom is 0.330 e. The van der Waals surface area contributed by atoms with Gasteiger partial charge in [-0.2, -0.15) is 0 Å². The van der Waals surface area contributed by atoms with Crippen molar-refractivity contribution in [1.82, 2.24) is 0 Å². The van der Waals surface area contributed by atoms with Crippen molar-refractivity contribution in [3.05, 3.63) is 0 Å². The molecule has 2 atom stereocenters. The van der Waals surface area contributed by atoms with Gasteiger partial charge in [0.05, 0.1) is 0 Å². The minimum Gasteiger partial charge on any atom is -0.394 e. The van der Waals surface area contributed by atoms with E-state index in [1.165, 1.54) is 0 Å². The number of nitrogens with two attached hydrogens (primary N) is 1. The Morgan fingerprint density at radius 2 is 2.27 bits per heavy atom. The summed E-state index contributed by atoms with van der Waals surface area (Å²) in [6.07, 6.45) is 0.787. The third kappa shape index (κ3) is 3.13. The quantitative estimate of drug-likeness (QED) is 0.358. The number of esters is 1. The zero-order chi connectivity index (χ0) is 8.85. The molecule has 0 spiro atoms. The van der Waals surface area contributed by atoms with E-state index in [0.29, 0.717) is 0 Å². The molecule has 0 aliphatic heterocycles. The molecule has 0 bridgehead atoms. The average Bonchev–Trinajstić information content (AvgIpc) is 2.02. The fourth-order valence-electron chi connectivity index (χ4n) is 0.612. The van der Waals surface area contributed by atoms with E-state index in [4.69, 9.17) is 5.73 Å². The standard InChI is InChI=1S/C7H13NO3/c1-3-5(2)6(8)7(10)11-4-9/h4-6H,3,8H2,1-2H3/t5-,6-/m0/s1. The number of carbonyl (C=O) groups is 2. The Morgan fingerprint density at radius 1 is 1.73 bits per heavy atom. The van der Waals surface area contributed by atoms with Gasteiger partial charge in [0.2, 0.25) is 0 Å². The first kappa shape index (κ1) is 10.1. The highest BCUT2D eigenvalue weighted by Gasteiger charge is 2.20. The van der Waals surface area contributed by atoms with Crippen molar-refractivity contribution in [2.45, 2.75) is 26.3 Å². The zero-order valence-corrected chi connectivity index (χ0v) is 6.74. The molecule has 0 aromatic carbocycles. The molecule has 0 heterocycles. The maximum absolute atomic E-state index is 10.8. The van der Waals surface area contributed by atoms with E-state index in [0.717, 1.165) is 6.42 Å². The summed E-state index contributed by atoms with van der Waals surface area (Å²) in [6, 6.07) is -0.690. The molecule has 2 N–H and O–H groups in total. The van der Waals surface area contributed by atoms with E-state index in [2.05, 4.69) is 4.74 Å². The molecule has 0 rings (SSSR count). The average molecular weight is 159 g/mol.